The minimum atomic E-state index is -0.181. The highest BCUT2D eigenvalue weighted by Gasteiger charge is 2.22. The number of hydrogen-bond acceptors (Lipinski definition) is 3. The predicted molar refractivity (Wildman–Crippen MR) is 65.1 cm³/mol. The van der Waals surface area contributed by atoms with Crippen molar-refractivity contribution in [3.8, 4) is 0 Å². The molecular formula is C11H10ClNOS. The van der Waals surface area contributed by atoms with Crippen molar-refractivity contribution in [2.75, 3.05) is 4.31 Å². The van der Waals surface area contributed by atoms with Crippen LogP contribution < -0.4 is 4.31 Å². The molecule has 0 aliphatic carbocycles. The number of aldehydes is 1. The zero-order chi connectivity index (χ0) is 10.7. The molecule has 0 fully saturated rings. The average Bonchev–Trinajstić information content (AvgIpc) is 2.76. The van der Waals surface area contributed by atoms with Gasteiger partial charge in [0.2, 0.25) is 0 Å². The maximum absolute atomic E-state index is 10.9. The molecule has 2 rings (SSSR count). The van der Waals surface area contributed by atoms with Gasteiger partial charge in [0.25, 0.3) is 0 Å². The highest BCUT2D eigenvalue weighted by molar-refractivity contribution is 8.03. The van der Waals surface area contributed by atoms with Crippen molar-refractivity contribution in [1.29, 1.82) is 0 Å². The molecule has 1 aliphatic rings. The van der Waals surface area contributed by atoms with Crippen LogP contribution in [0.4, 0.5) is 5.69 Å². The van der Waals surface area contributed by atoms with E-state index in [2.05, 4.69) is 0 Å². The van der Waals surface area contributed by atoms with E-state index < -0.39 is 0 Å². The summed E-state index contributed by atoms with van der Waals surface area (Å²) in [4.78, 5) is 10.9. The maximum atomic E-state index is 10.9. The second-order valence-corrected chi connectivity index (χ2v) is 4.29. The maximum Gasteiger partial charge on any atom is 0.147 e. The van der Waals surface area contributed by atoms with Crippen LogP contribution in [0.2, 0.25) is 0 Å². The van der Waals surface area contributed by atoms with Crippen molar-refractivity contribution in [2.24, 2.45) is 0 Å². The molecule has 0 amide bonds. The monoisotopic (exact) mass is 239 g/mol. The molecule has 2 nitrogen and oxygen atoms in total. The molecule has 0 saturated carbocycles. The Hall–Kier alpha value is -0.930. The van der Waals surface area contributed by atoms with E-state index in [1.54, 1.807) is 0 Å². The number of para-hydroxylation sites is 1. The Balaban J connectivity index is 2.33. The van der Waals surface area contributed by atoms with Crippen LogP contribution in [-0.2, 0) is 10.7 Å². The van der Waals surface area contributed by atoms with Crippen molar-refractivity contribution in [2.45, 2.75) is 11.9 Å². The first-order valence-electron chi connectivity index (χ1n) is 4.58. The van der Waals surface area contributed by atoms with Crippen LogP contribution in [0, 0.1) is 0 Å². The SMILES string of the molecule is O=CC1C=CSN1c1ccccc1CCl. The van der Waals surface area contributed by atoms with Crippen LogP contribution in [0.1, 0.15) is 5.56 Å². The number of carbonyl (C=O) groups excluding carboxylic acids is 1. The zero-order valence-corrected chi connectivity index (χ0v) is 9.54. The van der Waals surface area contributed by atoms with Crippen LogP contribution >= 0.6 is 23.5 Å². The molecule has 1 atom stereocenters. The summed E-state index contributed by atoms with van der Waals surface area (Å²) >= 11 is 7.38. The first-order valence-corrected chi connectivity index (χ1v) is 5.96. The molecule has 1 aliphatic heterocycles. The van der Waals surface area contributed by atoms with Gasteiger partial charge in [0.05, 0.1) is 5.69 Å². The lowest BCUT2D eigenvalue weighted by molar-refractivity contribution is -0.107. The fourth-order valence-electron chi connectivity index (χ4n) is 1.49. The summed E-state index contributed by atoms with van der Waals surface area (Å²) in [7, 11) is 0. The molecule has 1 heterocycles. The normalized spacial score (nSPS) is 19.5. The standard InChI is InChI=1S/C11H10ClNOS/c12-7-9-3-1-2-4-11(9)13-10(8-14)5-6-15-13/h1-6,8,10H,7H2. The van der Waals surface area contributed by atoms with Gasteiger partial charge in [-0.05, 0) is 35.1 Å². The number of halogens is 1. The second-order valence-electron chi connectivity index (χ2n) is 3.15. The Morgan fingerprint density at radius 3 is 3.00 bits per heavy atom. The Bertz CT molecular complexity index is 394. The van der Waals surface area contributed by atoms with Crippen LogP contribution in [0.3, 0.4) is 0 Å². The predicted octanol–water partition coefficient (Wildman–Crippen LogP) is 2.97. The van der Waals surface area contributed by atoms with Gasteiger partial charge in [0, 0.05) is 5.88 Å². The summed E-state index contributed by atoms with van der Waals surface area (Å²) in [5.74, 6) is 0.457. The van der Waals surface area contributed by atoms with E-state index in [0.29, 0.717) is 5.88 Å². The number of alkyl halides is 1. The highest BCUT2D eigenvalue weighted by Crippen LogP contribution is 2.33. The number of rotatable bonds is 3. The van der Waals surface area contributed by atoms with Crippen molar-refractivity contribution in [3.05, 3.63) is 41.3 Å². The van der Waals surface area contributed by atoms with Gasteiger partial charge >= 0.3 is 0 Å². The molecule has 78 valence electrons. The third kappa shape index (κ3) is 2.03. The van der Waals surface area contributed by atoms with E-state index in [1.807, 2.05) is 40.1 Å². The molecular weight excluding hydrogens is 230 g/mol. The van der Waals surface area contributed by atoms with Gasteiger partial charge in [-0.25, -0.2) is 0 Å². The van der Waals surface area contributed by atoms with Crippen molar-refractivity contribution in [3.63, 3.8) is 0 Å². The average molecular weight is 240 g/mol. The number of nitrogens with zero attached hydrogens (tertiary/aromatic N) is 1. The molecule has 15 heavy (non-hydrogen) atoms. The van der Waals surface area contributed by atoms with Gasteiger partial charge in [-0.15, -0.1) is 11.6 Å². The van der Waals surface area contributed by atoms with Crippen LogP contribution in [0.5, 0.6) is 0 Å². The lowest BCUT2D eigenvalue weighted by atomic mass is 10.2. The number of benzene rings is 1. The highest BCUT2D eigenvalue weighted by atomic mass is 35.5. The largest absolute Gasteiger partial charge is 0.301 e. The zero-order valence-electron chi connectivity index (χ0n) is 7.97. The molecule has 0 aromatic heterocycles. The Kier molecular flexibility index (Phi) is 3.34. The van der Waals surface area contributed by atoms with Gasteiger partial charge in [-0.3, -0.25) is 4.31 Å². The quantitative estimate of drug-likeness (QED) is 0.460. The molecule has 1 aromatic rings. The Morgan fingerprint density at radius 2 is 2.27 bits per heavy atom. The van der Waals surface area contributed by atoms with E-state index in [-0.39, 0.29) is 6.04 Å². The number of anilines is 1. The fourth-order valence-corrected chi connectivity index (χ4v) is 2.63. The summed E-state index contributed by atoms with van der Waals surface area (Å²) in [5.41, 5.74) is 2.06. The molecule has 0 bridgehead atoms. The fraction of sp³-hybridized carbons (Fsp3) is 0.182. The first-order chi connectivity index (χ1) is 7.36. The Labute approximate surface area is 98.0 Å². The van der Waals surface area contributed by atoms with Gasteiger partial charge < -0.3 is 4.79 Å². The van der Waals surface area contributed by atoms with E-state index in [9.17, 15) is 4.79 Å². The summed E-state index contributed by atoms with van der Waals surface area (Å²) in [6, 6.07) is 7.67. The topological polar surface area (TPSA) is 20.3 Å². The summed E-state index contributed by atoms with van der Waals surface area (Å²) in [6.45, 7) is 0. The molecule has 1 aromatic carbocycles. The first kappa shape index (κ1) is 10.6. The van der Waals surface area contributed by atoms with E-state index >= 15 is 0 Å². The molecule has 0 N–H and O–H groups in total. The van der Waals surface area contributed by atoms with Crippen molar-refractivity contribution < 1.29 is 4.79 Å². The number of hydrogen-bond donors (Lipinski definition) is 0. The van der Waals surface area contributed by atoms with Crippen LogP contribution in [0.25, 0.3) is 0 Å². The van der Waals surface area contributed by atoms with E-state index in [0.717, 1.165) is 17.5 Å². The van der Waals surface area contributed by atoms with Crippen LogP contribution in [-0.4, -0.2) is 12.3 Å². The molecule has 1 unspecified atom stereocenters. The summed E-state index contributed by atoms with van der Waals surface area (Å²) in [6.07, 6.45) is 2.81. The third-order valence-electron chi connectivity index (χ3n) is 2.23. The van der Waals surface area contributed by atoms with Crippen LogP contribution in [0.15, 0.2) is 35.7 Å². The minimum Gasteiger partial charge on any atom is -0.301 e. The van der Waals surface area contributed by atoms with E-state index in [1.165, 1.54) is 11.9 Å². The second kappa shape index (κ2) is 4.73. The van der Waals surface area contributed by atoms with Gasteiger partial charge in [-0.2, -0.15) is 0 Å². The smallest absolute Gasteiger partial charge is 0.147 e. The summed E-state index contributed by atoms with van der Waals surface area (Å²) < 4.78 is 1.96. The Morgan fingerprint density at radius 1 is 1.47 bits per heavy atom. The number of carbonyl (C=O) groups is 1. The summed E-state index contributed by atoms with van der Waals surface area (Å²) in [5, 5.41) is 1.92. The molecule has 4 heteroatoms. The lowest BCUT2D eigenvalue weighted by Crippen LogP contribution is -2.25. The molecule has 0 saturated heterocycles. The minimum absolute atomic E-state index is 0.181. The van der Waals surface area contributed by atoms with Crippen molar-refractivity contribution in [1.82, 2.24) is 0 Å². The van der Waals surface area contributed by atoms with E-state index in [4.69, 9.17) is 11.6 Å². The molecule has 0 radical (unpaired) electrons. The molecule has 0 spiro atoms. The van der Waals surface area contributed by atoms with Gasteiger partial charge in [0.15, 0.2) is 0 Å². The van der Waals surface area contributed by atoms with Gasteiger partial charge in [0.1, 0.15) is 12.3 Å². The van der Waals surface area contributed by atoms with Crippen molar-refractivity contribution >= 4 is 35.5 Å². The third-order valence-corrected chi connectivity index (χ3v) is 3.47. The van der Waals surface area contributed by atoms with Gasteiger partial charge in [-0.1, -0.05) is 18.2 Å². The lowest BCUT2D eigenvalue weighted by Gasteiger charge is -2.23.